The van der Waals surface area contributed by atoms with Crippen LogP contribution in [0.25, 0.3) is 0 Å². The largest absolute Gasteiger partial charge is 0.333 e. The van der Waals surface area contributed by atoms with Crippen LogP contribution in [0.5, 0.6) is 0 Å². The van der Waals surface area contributed by atoms with E-state index in [1.54, 1.807) is 11.3 Å². The maximum absolute atomic E-state index is 4.50. The predicted octanol–water partition coefficient (Wildman–Crippen LogP) is 0.622. The summed E-state index contributed by atoms with van der Waals surface area (Å²) >= 11 is 1.81. The van der Waals surface area contributed by atoms with E-state index < -0.39 is 0 Å². The molecule has 8 heavy (non-hydrogen) atoms. The molecule has 0 radical (unpaired) electrons. The highest BCUT2D eigenvalue weighted by molar-refractivity contribution is 7.14. The molecule has 3 heteroatoms. The number of thiazole rings is 1. The van der Waals surface area contributed by atoms with Crippen molar-refractivity contribution in [3.63, 3.8) is 0 Å². The fourth-order valence-corrected chi connectivity index (χ4v) is 1.28. The molecule has 2 N–H and O–H groups in total. The Balaban J connectivity index is 0.000000147. The SMILES string of the molecule is CN.c1nc2sc1C2. The van der Waals surface area contributed by atoms with Crippen LogP contribution in [0.3, 0.4) is 0 Å². The quantitative estimate of drug-likeness (QED) is 0.565. The summed E-state index contributed by atoms with van der Waals surface area (Å²) in [6.07, 6.45) is 3.10. The molecular formula is C5H8N2S. The first-order valence-corrected chi connectivity index (χ1v) is 3.28. The summed E-state index contributed by atoms with van der Waals surface area (Å²) in [5, 5.41) is 1.30. The third kappa shape index (κ3) is 0.743. The van der Waals surface area contributed by atoms with E-state index in [0.717, 1.165) is 6.42 Å². The molecule has 3 rings (SSSR count). The first-order chi connectivity index (χ1) is 3.95. The van der Waals surface area contributed by atoms with Gasteiger partial charge in [0, 0.05) is 17.5 Å². The molecule has 0 aromatic carbocycles. The molecule has 0 unspecified atom stereocenters. The van der Waals surface area contributed by atoms with Crippen molar-refractivity contribution in [3.8, 4) is 0 Å². The van der Waals surface area contributed by atoms with E-state index in [0.29, 0.717) is 0 Å². The Kier molecular flexibility index (Phi) is 1.60. The second-order valence-corrected chi connectivity index (χ2v) is 2.60. The van der Waals surface area contributed by atoms with Crippen molar-refractivity contribution in [1.82, 2.24) is 4.98 Å². The van der Waals surface area contributed by atoms with Crippen molar-refractivity contribution in [3.05, 3.63) is 16.1 Å². The van der Waals surface area contributed by atoms with Crippen LogP contribution in [0.15, 0.2) is 6.20 Å². The highest BCUT2D eigenvalue weighted by Crippen LogP contribution is 2.26. The zero-order valence-electron chi connectivity index (χ0n) is 4.72. The molecule has 0 saturated heterocycles. The number of hydrogen-bond donors (Lipinski definition) is 1. The summed E-state index contributed by atoms with van der Waals surface area (Å²) in [5.74, 6) is 0. The Labute approximate surface area is 52.4 Å². The summed E-state index contributed by atoms with van der Waals surface area (Å²) in [4.78, 5) is 5.46. The Morgan fingerprint density at radius 3 is 2.50 bits per heavy atom. The van der Waals surface area contributed by atoms with Gasteiger partial charge in [0.25, 0.3) is 0 Å². The molecule has 0 fully saturated rings. The Bertz CT molecular complexity index is 147. The van der Waals surface area contributed by atoms with Crippen LogP contribution in [0, 0.1) is 0 Å². The lowest BCUT2D eigenvalue weighted by molar-refractivity contribution is 1.24. The van der Waals surface area contributed by atoms with Crippen LogP contribution in [0.1, 0.15) is 9.88 Å². The van der Waals surface area contributed by atoms with Gasteiger partial charge in [-0.25, -0.2) is 4.98 Å². The van der Waals surface area contributed by atoms with Crippen LogP contribution >= 0.6 is 11.3 Å². The van der Waals surface area contributed by atoms with Crippen molar-refractivity contribution in [2.24, 2.45) is 5.73 Å². The zero-order valence-corrected chi connectivity index (χ0v) is 5.53. The molecule has 0 amide bonds. The van der Waals surface area contributed by atoms with Crippen LogP contribution in [-0.2, 0) is 6.42 Å². The minimum absolute atomic E-state index is 1.16. The Morgan fingerprint density at radius 1 is 1.75 bits per heavy atom. The first-order valence-electron chi connectivity index (χ1n) is 2.46. The molecule has 0 saturated carbocycles. The smallest absolute Gasteiger partial charge is 0.0980 e. The van der Waals surface area contributed by atoms with E-state index in [1.807, 2.05) is 6.20 Å². The number of rotatable bonds is 0. The Morgan fingerprint density at radius 2 is 2.38 bits per heavy atom. The highest BCUT2D eigenvalue weighted by Gasteiger charge is 2.11. The average molecular weight is 128 g/mol. The van der Waals surface area contributed by atoms with Crippen molar-refractivity contribution < 1.29 is 0 Å². The summed E-state index contributed by atoms with van der Waals surface area (Å²) in [6, 6.07) is 0. The molecule has 2 bridgehead atoms. The molecule has 44 valence electrons. The monoisotopic (exact) mass is 128 g/mol. The van der Waals surface area contributed by atoms with E-state index >= 15 is 0 Å². The van der Waals surface area contributed by atoms with Crippen molar-refractivity contribution >= 4 is 11.3 Å². The molecular weight excluding hydrogens is 120 g/mol. The number of aromatic nitrogens is 1. The van der Waals surface area contributed by atoms with Crippen molar-refractivity contribution in [2.75, 3.05) is 7.05 Å². The molecule has 0 spiro atoms. The van der Waals surface area contributed by atoms with Gasteiger partial charge in [-0.3, -0.25) is 0 Å². The van der Waals surface area contributed by atoms with Crippen LogP contribution in [-0.4, -0.2) is 12.0 Å². The lowest BCUT2D eigenvalue weighted by atomic mass is 10.4. The summed E-state index contributed by atoms with van der Waals surface area (Å²) < 4.78 is 0. The Hall–Kier alpha value is -0.410. The van der Waals surface area contributed by atoms with Crippen molar-refractivity contribution in [1.29, 1.82) is 0 Å². The molecule has 1 aromatic heterocycles. The minimum atomic E-state index is 1.16. The standard InChI is InChI=1S/C4H3NS.CH5N/c1-3-2-5-4(1)6-3;1-2/h2H,1H2;2H2,1H3. The maximum atomic E-state index is 4.50. The topological polar surface area (TPSA) is 38.9 Å². The summed E-state index contributed by atoms with van der Waals surface area (Å²) in [5.41, 5.74) is 4.50. The van der Waals surface area contributed by atoms with E-state index in [4.69, 9.17) is 0 Å². The van der Waals surface area contributed by atoms with Crippen molar-refractivity contribution in [2.45, 2.75) is 6.42 Å². The van der Waals surface area contributed by atoms with Gasteiger partial charge in [0.15, 0.2) is 0 Å². The molecule has 0 aliphatic carbocycles. The minimum Gasteiger partial charge on any atom is -0.333 e. The van der Waals surface area contributed by atoms with Gasteiger partial charge in [-0.1, -0.05) is 0 Å². The number of fused-ring (bicyclic) bond motifs is 1. The fourth-order valence-electron chi connectivity index (χ4n) is 0.580. The molecule has 3 heterocycles. The average Bonchev–Trinajstić information content (AvgIpc) is 2.24. The molecule has 2 aliphatic heterocycles. The van der Waals surface area contributed by atoms with Gasteiger partial charge in [-0.05, 0) is 7.05 Å². The predicted molar refractivity (Wildman–Crippen MR) is 35.0 cm³/mol. The molecule has 2 nitrogen and oxygen atoms in total. The van der Waals surface area contributed by atoms with Gasteiger partial charge >= 0.3 is 0 Å². The van der Waals surface area contributed by atoms with Gasteiger partial charge in [0.2, 0.25) is 0 Å². The number of nitrogens with two attached hydrogens (primary N) is 1. The summed E-state index contributed by atoms with van der Waals surface area (Å²) in [6.45, 7) is 0. The third-order valence-corrected chi connectivity index (χ3v) is 1.92. The summed E-state index contributed by atoms with van der Waals surface area (Å²) in [7, 11) is 1.50. The second kappa shape index (κ2) is 2.24. The highest BCUT2D eigenvalue weighted by atomic mass is 32.1. The normalized spacial score (nSPS) is 11.2. The molecule has 0 atom stereocenters. The number of hydrogen-bond acceptors (Lipinski definition) is 3. The zero-order chi connectivity index (χ0) is 5.98. The van der Waals surface area contributed by atoms with Crippen LogP contribution in [0.4, 0.5) is 0 Å². The van der Waals surface area contributed by atoms with Gasteiger partial charge < -0.3 is 5.73 Å². The molecule has 2 aliphatic rings. The van der Waals surface area contributed by atoms with Gasteiger partial charge in [0.1, 0.15) is 0 Å². The lowest BCUT2D eigenvalue weighted by Crippen LogP contribution is -1.82. The third-order valence-electron chi connectivity index (χ3n) is 0.927. The van der Waals surface area contributed by atoms with Crippen LogP contribution in [0.2, 0.25) is 0 Å². The van der Waals surface area contributed by atoms with E-state index in [-0.39, 0.29) is 0 Å². The lowest BCUT2D eigenvalue weighted by Gasteiger charge is -1.94. The van der Waals surface area contributed by atoms with Gasteiger partial charge in [0.05, 0.1) is 5.01 Å². The molecule has 1 aromatic rings. The van der Waals surface area contributed by atoms with E-state index in [2.05, 4.69) is 10.7 Å². The van der Waals surface area contributed by atoms with Gasteiger partial charge in [-0.2, -0.15) is 0 Å². The van der Waals surface area contributed by atoms with E-state index in [1.165, 1.54) is 16.9 Å². The second-order valence-electron chi connectivity index (χ2n) is 1.40. The maximum Gasteiger partial charge on any atom is 0.0980 e. The first kappa shape index (κ1) is 5.72. The van der Waals surface area contributed by atoms with E-state index in [9.17, 15) is 0 Å². The van der Waals surface area contributed by atoms with Crippen LogP contribution < -0.4 is 5.73 Å². The number of nitrogens with zero attached hydrogens (tertiary/aromatic N) is 1. The van der Waals surface area contributed by atoms with Gasteiger partial charge in [-0.15, -0.1) is 11.3 Å². The fraction of sp³-hybridized carbons (Fsp3) is 0.400.